The molecule has 0 aromatic carbocycles. The maximum Gasteiger partial charge on any atom is 0.350 e. The molecular formula is C11H12FNO2. The Labute approximate surface area is 87.6 Å². The summed E-state index contributed by atoms with van der Waals surface area (Å²) in [6.45, 7) is 10.2. The van der Waals surface area contributed by atoms with E-state index < -0.39 is 11.9 Å². The number of aliphatic imine (C=N–C) groups is 1. The molecule has 3 nitrogen and oxygen atoms in total. The van der Waals surface area contributed by atoms with Crippen molar-refractivity contribution >= 4 is 11.7 Å². The van der Waals surface area contributed by atoms with Crippen LogP contribution in [0.4, 0.5) is 4.39 Å². The lowest BCUT2D eigenvalue weighted by molar-refractivity contribution is -0.129. The Morgan fingerprint density at radius 1 is 1.47 bits per heavy atom. The van der Waals surface area contributed by atoms with Crippen molar-refractivity contribution in [2.75, 3.05) is 0 Å². The Morgan fingerprint density at radius 3 is 2.47 bits per heavy atom. The van der Waals surface area contributed by atoms with Crippen LogP contribution in [-0.4, -0.2) is 16.8 Å². The molecule has 1 N–H and O–H groups in total. The monoisotopic (exact) mass is 209 g/mol. The average Bonchev–Trinajstić information content (AvgIpc) is 2.16. The molecule has 0 saturated carbocycles. The molecule has 0 spiro atoms. The average molecular weight is 209 g/mol. The molecule has 0 fully saturated rings. The van der Waals surface area contributed by atoms with E-state index >= 15 is 0 Å². The van der Waals surface area contributed by atoms with Crippen LogP contribution in [0.15, 0.2) is 54.5 Å². The van der Waals surface area contributed by atoms with Crippen LogP contribution in [0.1, 0.15) is 6.42 Å². The van der Waals surface area contributed by atoms with Crippen LogP contribution < -0.4 is 0 Å². The highest BCUT2D eigenvalue weighted by molar-refractivity contribution is 6.36. The lowest BCUT2D eigenvalue weighted by Crippen LogP contribution is -2.11. The van der Waals surface area contributed by atoms with Crippen LogP contribution in [-0.2, 0) is 4.79 Å². The van der Waals surface area contributed by atoms with Gasteiger partial charge < -0.3 is 5.11 Å². The quantitative estimate of drug-likeness (QED) is 0.316. The number of hydrogen-bond acceptors (Lipinski definition) is 2. The van der Waals surface area contributed by atoms with Gasteiger partial charge in [-0.15, -0.1) is 6.58 Å². The third kappa shape index (κ3) is 5.36. The van der Waals surface area contributed by atoms with Crippen LogP contribution in [0.2, 0.25) is 0 Å². The minimum Gasteiger partial charge on any atom is -0.477 e. The number of carboxylic acids is 1. The van der Waals surface area contributed by atoms with Gasteiger partial charge in [-0.25, -0.2) is 9.79 Å². The fourth-order valence-corrected chi connectivity index (χ4v) is 0.691. The molecule has 0 amide bonds. The molecule has 4 heteroatoms. The number of allylic oxidation sites excluding steroid dienone is 4. The summed E-state index contributed by atoms with van der Waals surface area (Å²) in [5.41, 5.74) is 0.00945. The molecule has 0 bridgehead atoms. The lowest BCUT2D eigenvalue weighted by Gasteiger charge is -1.96. The molecule has 0 heterocycles. The first kappa shape index (κ1) is 13.0. The van der Waals surface area contributed by atoms with Crippen molar-refractivity contribution in [3.05, 3.63) is 49.5 Å². The summed E-state index contributed by atoms with van der Waals surface area (Å²) in [5, 5.41) is 8.63. The molecule has 0 aliphatic carbocycles. The number of nitrogens with zero attached hydrogens (tertiary/aromatic N) is 1. The van der Waals surface area contributed by atoms with Crippen molar-refractivity contribution in [1.82, 2.24) is 0 Å². The Hall–Kier alpha value is -1.97. The largest absolute Gasteiger partial charge is 0.477 e. The van der Waals surface area contributed by atoms with Gasteiger partial charge in [0.15, 0.2) is 0 Å². The number of carboxylic acid groups (broad SMARTS) is 1. The first-order chi connectivity index (χ1) is 7.01. The van der Waals surface area contributed by atoms with E-state index in [9.17, 15) is 9.18 Å². The normalized spacial score (nSPS) is 12.1. The van der Waals surface area contributed by atoms with E-state index in [0.29, 0.717) is 5.57 Å². The van der Waals surface area contributed by atoms with Crippen LogP contribution in [0, 0.1) is 0 Å². The van der Waals surface area contributed by atoms with Crippen molar-refractivity contribution < 1.29 is 14.3 Å². The predicted octanol–water partition coefficient (Wildman–Crippen LogP) is 2.64. The zero-order valence-electron chi connectivity index (χ0n) is 8.24. The number of aliphatic carboxylic acids is 1. The summed E-state index contributed by atoms with van der Waals surface area (Å²) < 4.78 is 13.0. The maximum atomic E-state index is 13.0. The van der Waals surface area contributed by atoms with Gasteiger partial charge >= 0.3 is 5.97 Å². The summed E-state index contributed by atoms with van der Waals surface area (Å²) in [6, 6.07) is 0. The third-order valence-electron chi connectivity index (χ3n) is 1.39. The Kier molecular flexibility index (Phi) is 5.63. The Morgan fingerprint density at radius 2 is 2.07 bits per heavy atom. The molecule has 0 unspecified atom stereocenters. The van der Waals surface area contributed by atoms with Gasteiger partial charge in [-0.2, -0.15) is 4.39 Å². The van der Waals surface area contributed by atoms with Gasteiger partial charge in [0, 0.05) is 6.42 Å². The molecule has 80 valence electrons. The summed E-state index contributed by atoms with van der Waals surface area (Å²) in [7, 11) is 0. The maximum absolute atomic E-state index is 13.0. The number of carbonyl (C=O) groups is 1. The van der Waals surface area contributed by atoms with Gasteiger partial charge in [0.05, 0.1) is 0 Å². The van der Waals surface area contributed by atoms with Crippen LogP contribution in [0.3, 0.4) is 0 Å². The highest BCUT2D eigenvalue weighted by atomic mass is 19.1. The smallest absolute Gasteiger partial charge is 0.350 e. The van der Waals surface area contributed by atoms with Crippen molar-refractivity contribution in [2.45, 2.75) is 6.42 Å². The highest BCUT2D eigenvalue weighted by Gasteiger charge is 2.07. The number of halogens is 1. The van der Waals surface area contributed by atoms with Crippen molar-refractivity contribution in [2.24, 2.45) is 4.99 Å². The molecule has 0 saturated heterocycles. The van der Waals surface area contributed by atoms with E-state index in [1.807, 2.05) is 0 Å². The fraction of sp³-hybridized carbons (Fsp3) is 0.0909. The summed E-state index contributed by atoms with van der Waals surface area (Å²) in [5.74, 6) is -2.19. The zero-order chi connectivity index (χ0) is 11.8. The fourth-order valence-electron chi connectivity index (χ4n) is 0.691. The van der Waals surface area contributed by atoms with Gasteiger partial charge in [-0.3, -0.25) is 0 Å². The Bertz CT molecular complexity index is 354. The first-order valence-electron chi connectivity index (χ1n) is 4.11. The van der Waals surface area contributed by atoms with Crippen LogP contribution >= 0.6 is 0 Å². The molecule has 15 heavy (non-hydrogen) atoms. The highest BCUT2D eigenvalue weighted by Crippen LogP contribution is 2.06. The van der Waals surface area contributed by atoms with Crippen molar-refractivity contribution in [3.8, 4) is 0 Å². The third-order valence-corrected chi connectivity index (χ3v) is 1.39. The topological polar surface area (TPSA) is 49.7 Å². The standard InChI is InChI=1S/C11H12FNO2/c1-4-6-9(11(14)15)13-10(12)7-8(3)5-2/h4-5,7H,1-3,6H2,(H,14,15)/b10-7-,13-9+. The second-order valence-corrected chi connectivity index (χ2v) is 2.60. The molecule has 0 aliphatic rings. The SMILES string of the molecule is C=CC/C(=N\C(F)=C/C(=C)C=C)C(=O)O. The summed E-state index contributed by atoms with van der Waals surface area (Å²) in [4.78, 5) is 13.9. The van der Waals surface area contributed by atoms with E-state index in [1.54, 1.807) is 0 Å². The van der Waals surface area contributed by atoms with Gasteiger partial charge in [0.25, 0.3) is 0 Å². The summed E-state index contributed by atoms with van der Waals surface area (Å²) in [6.07, 6.45) is 3.67. The van der Waals surface area contributed by atoms with E-state index in [1.165, 1.54) is 12.2 Å². The minimum absolute atomic E-state index is 0.00282. The van der Waals surface area contributed by atoms with Crippen molar-refractivity contribution in [1.29, 1.82) is 0 Å². The van der Waals surface area contributed by atoms with E-state index in [0.717, 1.165) is 6.08 Å². The van der Waals surface area contributed by atoms with Crippen LogP contribution in [0.25, 0.3) is 0 Å². The molecule has 0 aromatic rings. The zero-order valence-corrected chi connectivity index (χ0v) is 8.24. The summed E-state index contributed by atoms with van der Waals surface area (Å²) >= 11 is 0. The molecule has 0 aliphatic heterocycles. The minimum atomic E-state index is -1.28. The second kappa shape index (κ2) is 6.48. The Balaban J connectivity index is 4.89. The first-order valence-corrected chi connectivity index (χ1v) is 4.11. The van der Waals surface area contributed by atoms with Gasteiger partial charge in [0.2, 0.25) is 5.95 Å². The van der Waals surface area contributed by atoms with Gasteiger partial charge in [0.1, 0.15) is 5.71 Å². The van der Waals surface area contributed by atoms with Crippen molar-refractivity contribution in [3.63, 3.8) is 0 Å². The number of hydrogen-bond donors (Lipinski definition) is 1. The van der Waals surface area contributed by atoms with Gasteiger partial charge in [-0.05, 0) is 11.6 Å². The number of rotatable bonds is 6. The molecule has 0 rings (SSSR count). The predicted molar refractivity (Wildman–Crippen MR) is 58.4 cm³/mol. The molecule has 0 atom stereocenters. The molecule has 0 radical (unpaired) electrons. The van der Waals surface area contributed by atoms with E-state index in [4.69, 9.17) is 5.11 Å². The van der Waals surface area contributed by atoms with Crippen LogP contribution in [0.5, 0.6) is 0 Å². The van der Waals surface area contributed by atoms with E-state index in [-0.39, 0.29) is 12.1 Å². The van der Waals surface area contributed by atoms with E-state index in [2.05, 4.69) is 24.7 Å². The van der Waals surface area contributed by atoms with Gasteiger partial charge in [-0.1, -0.05) is 25.3 Å². The lowest BCUT2D eigenvalue weighted by atomic mass is 10.2. The molecule has 0 aromatic heterocycles. The molecular weight excluding hydrogens is 197 g/mol. The second-order valence-electron chi connectivity index (χ2n) is 2.60.